The van der Waals surface area contributed by atoms with Crippen LogP contribution >= 0.6 is 11.3 Å². The number of hydrogen-bond donors (Lipinski definition) is 1. The van der Waals surface area contributed by atoms with E-state index in [1.807, 2.05) is 11.3 Å². The van der Waals surface area contributed by atoms with E-state index >= 15 is 0 Å². The highest BCUT2D eigenvalue weighted by Gasteiger charge is 2.26. The van der Waals surface area contributed by atoms with E-state index in [2.05, 4.69) is 43.6 Å². The van der Waals surface area contributed by atoms with Crippen molar-refractivity contribution in [3.05, 3.63) is 22.4 Å². The molecule has 3 unspecified atom stereocenters. The van der Waals surface area contributed by atoms with Crippen molar-refractivity contribution in [1.82, 2.24) is 5.32 Å². The lowest BCUT2D eigenvalue weighted by Gasteiger charge is -2.34. The van der Waals surface area contributed by atoms with Gasteiger partial charge in [-0.1, -0.05) is 13.0 Å². The molecule has 1 saturated heterocycles. The largest absolute Gasteiger partial charge is 0.375 e. The van der Waals surface area contributed by atoms with Crippen molar-refractivity contribution < 1.29 is 4.74 Å². The zero-order valence-electron chi connectivity index (χ0n) is 11.0. The molecule has 1 aromatic heterocycles. The third kappa shape index (κ3) is 3.54. The summed E-state index contributed by atoms with van der Waals surface area (Å²) in [4.78, 5) is 1.46. The van der Waals surface area contributed by atoms with Crippen molar-refractivity contribution >= 4 is 11.3 Å². The minimum absolute atomic E-state index is 0.386. The molecule has 1 aromatic rings. The molecule has 3 heteroatoms. The van der Waals surface area contributed by atoms with E-state index in [-0.39, 0.29) is 0 Å². The van der Waals surface area contributed by atoms with Crippen LogP contribution in [0, 0.1) is 0 Å². The monoisotopic (exact) mass is 253 g/mol. The Balaban J connectivity index is 1.94. The summed E-state index contributed by atoms with van der Waals surface area (Å²) in [6.07, 6.45) is 4.19. The van der Waals surface area contributed by atoms with E-state index in [4.69, 9.17) is 4.74 Å². The number of nitrogens with one attached hydrogen (secondary N) is 1. The molecule has 2 heterocycles. The summed E-state index contributed by atoms with van der Waals surface area (Å²) >= 11 is 1.85. The lowest BCUT2D eigenvalue weighted by molar-refractivity contribution is -0.0436. The number of hydrogen-bond acceptors (Lipinski definition) is 3. The van der Waals surface area contributed by atoms with Gasteiger partial charge in [-0.15, -0.1) is 11.3 Å². The second-order valence-electron chi connectivity index (χ2n) is 5.07. The van der Waals surface area contributed by atoms with Gasteiger partial charge in [0, 0.05) is 17.0 Å². The first kappa shape index (κ1) is 13.1. The summed E-state index contributed by atoms with van der Waals surface area (Å²) in [6.45, 7) is 6.61. The van der Waals surface area contributed by atoms with Gasteiger partial charge in [-0.3, -0.25) is 0 Å². The Morgan fingerprint density at radius 1 is 1.41 bits per heavy atom. The molecule has 96 valence electrons. The average Bonchev–Trinajstić information content (AvgIpc) is 2.77. The van der Waals surface area contributed by atoms with Gasteiger partial charge in [0.1, 0.15) is 0 Å². The fourth-order valence-corrected chi connectivity index (χ4v) is 3.59. The first-order valence-electron chi connectivity index (χ1n) is 6.64. The Morgan fingerprint density at radius 3 is 2.65 bits per heavy atom. The zero-order chi connectivity index (χ0) is 12.3. The fourth-order valence-electron chi connectivity index (χ4n) is 2.72. The number of thiophene rings is 1. The third-order valence-corrected chi connectivity index (χ3v) is 4.42. The highest BCUT2D eigenvalue weighted by Crippen LogP contribution is 2.26. The maximum atomic E-state index is 5.78. The first-order chi connectivity index (χ1) is 8.19. The van der Waals surface area contributed by atoms with Crippen molar-refractivity contribution in [3.8, 4) is 0 Å². The molecular weight excluding hydrogens is 230 g/mol. The Bertz CT molecular complexity index is 315. The molecule has 0 amide bonds. The minimum Gasteiger partial charge on any atom is -0.375 e. The summed E-state index contributed by atoms with van der Waals surface area (Å²) in [7, 11) is 0. The summed E-state index contributed by atoms with van der Waals surface area (Å²) in [5.41, 5.74) is 0. The van der Waals surface area contributed by atoms with E-state index in [0.717, 1.165) is 19.3 Å². The smallest absolute Gasteiger partial charge is 0.0565 e. The SMILES string of the molecule is CCC(NC1CC(C)OC(C)C1)c1cccs1. The topological polar surface area (TPSA) is 21.3 Å². The third-order valence-electron chi connectivity index (χ3n) is 3.43. The molecule has 17 heavy (non-hydrogen) atoms. The quantitative estimate of drug-likeness (QED) is 0.882. The molecule has 0 radical (unpaired) electrons. The predicted molar refractivity (Wildman–Crippen MR) is 73.5 cm³/mol. The first-order valence-corrected chi connectivity index (χ1v) is 7.52. The molecular formula is C14H23NOS. The normalized spacial score (nSPS) is 31.4. The van der Waals surface area contributed by atoms with E-state index in [0.29, 0.717) is 24.3 Å². The molecule has 0 bridgehead atoms. The number of rotatable bonds is 4. The standard InChI is InChI=1S/C14H23NOS/c1-4-13(14-6-5-7-17-14)15-12-8-10(2)16-11(3)9-12/h5-7,10-13,15H,4,8-9H2,1-3H3. The maximum absolute atomic E-state index is 5.78. The summed E-state index contributed by atoms with van der Waals surface area (Å²) in [6, 6.07) is 5.48. The lowest BCUT2D eigenvalue weighted by atomic mass is 9.98. The van der Waals surface area contributed by atoms with Gasteiger partial charge < -0.3 is 10.1 Å². The van der Waals surface area contributed by atoms with Crippen molar-refractivity contribution in [2.75, 3.05) is 0 Å². The van der Waals surface area contributed by atoms with E-state index in [1.165, 1.54) is 4.88 Å². The molecule has 2 nitrogen and oxygen atoms in total. The molecule has 1 N–H and O–H groups in total. The van der Waals surface area contributed by atoms with Crippen LogP contribution in [0.5, 0.6) is 0 Å². The van der Waals surface area contributed by atoms with Crippen LogP contribution in [-0.4, -0.2) is 18.2 Å². The highest BCUT2D eigenvalue weighted by atomic mass is 32.1. The Hall–Kier alpha value is -0.380. The molecule has 3 atom stereocenters. The molecule has 0 saturated carbocycles. The minimum atomic E-state index is 0.386. The Labute approximate surface area is 108 Å². The van der Waals surface area contributed by atoms with Crippen molar-refractivity contribution in [2.24, 2.45) is 0 Å². The van der Waals surface area contributed by atoms with Crippen molar-refractivity contribution in [1.29, 1.82) is 0 Å². The Morgan fingerprint density at radius 2 is 2.12 bits per heavy atom. The molecule has 2 rings (SSSR count). The van der Waals surface area contributed by atoms with Gasteiger partial charge in [-0.25, -0.2) is 0 Å². The van der Waals surface area contributed by atoms with Crippen molar-refractivity contribution in [2.45, 2.75) is 64.3 Å². The summed E-state index contributed by atoms with van der Waals surface area (Å²) in [5, 5.41) is 5.96. The van der Waals surface area contributed by atoms with E-state index in [1.54, 1.807) is 0 Å². The van der Waals surface area contributed by atoms with Crippen LogP contribution in [0.2, 0.25) is 0 Å². The van der Waals surface area contributed by atoms with Gasteiger partial charge in [-0.05, 0) is 44.6 Å². The van der Waals surface area contributed by atoms with Crippen LogP contribution in [0.25, 0.3) is 0 Å². The number of ether oxygens (including phenoxy) is 1. The van der Waals surface area contributed by atoms with Gasteiger partial charge in [-0.2, -0.15) is 0 Å². The van der Waals surface area contributed by atoms with Crippen LogP contribution in [0.4, 0.5) is 0 Å². The molecule has 1 aliphatic rings. The average molecular weight is 253 g/mol. The summed E-state index contributed by atoms with van der Waals surface area (Å²) < 4.78 is 5.78. The zero-order valence-corrected chi connectivity index (χ0v) is 11.8. The lowest BCUT2D eigenvalue weighted by Crippen LogP contribution is -2.42. The van der Waals surface area contributed by atoms with Gasteiger partial charge in [0.25, 0.3) is 0 Å². The second kappa shape index (κ2) is 5.98. The summed E-state index contributed by atoms with van der Waals surface area (Å²) in [5.74, 6) is 0. The van der Waals surface area contributed by atoms with Gasteiger partial charge in [0.05, 0.1) is 12.2 Å². The maximum Gasteiger partial charge on any atom is 0.0565 e. The van der Waals surface area contributed by atoms with Crippen LogP contribution in [0.3, 0.4) is 0 Å². The van der Waals surface area contributed by atoms with Gasteiger partial charge in [0.15, 0.2) is 0 Å². The van der Waals surface area contributed by atoms with Crippen LogP contribution in [0.1, 0.15) is 51.0 Å². The molecule has 1 fully saturated rings. The van der Waals surface area contributed by atoms with Crippen molar-refractivity contribution in [3.63, 3.8) is 0 Å². The van der Waals surface area contributed by atoms with E-state index in [9.17, 15) is 0 Å². The van der Waals surface area contributed by atoms with Crippen LogP contribution in [-0.2, 0) is 4.74 Å². The molecule has 0 aliphatic carbocycles. The molecule has 0 aromatic carbocycles. The van der Waals surface area contributed by atoms with Crippen LogP contribution in [0.15, 0.2) is 17.5 Å². The predicted octanol–water partition coefficient (Wildman–Crippen LogP) is 3.74. The Kier molecular flexibility index (Phi) is 4.60. The highest BCUT2D eigenvalue weighted by molar-refractivity contribution is 7.10. The van der Waals surface area contributed by atoms with Gasteiger partial charge in [0.2, 0.25) is 0 Å². The fraction of sp³-hybridized carbons (Fsp3) is 0.714. The van der Waals surface area contributed by atoms with Gasteiger partial charge >= 0.3 is 0 Å². The molecule has 0 spiro atoms. The molecule has 1 aliphatic heterocycles. The van der Waals surface area contributed by atoms with Crippen LogP contribution < -0.4 is 5.32 Å². The van der Waals surface area contributed by atoms with E-state index < -0.39 is 0 Å². The second-order valence-corrected chi connectivity index (χ2v) is 6.05.